The summed E-state index contributed by atoms with van der Waals surface area (Å²) in [6, 6.07) is 61.2. The SMILES string of the molecule is C=Cc1c(/C=C\C)n(-c2cccc3sc4cc(N(c5ccc(-c6ccccc6)cc5)c5ccc(-c6ccccc6)cc5)ccc4c23)c2ccccc12. The third kappa shape index (κ3) is 5.43. The standard InChI is InChI=1S/C49H36N2S/c1-3-14-44-41(4-2)42-19-11-12-20-45(42)51(44)46-21-13-22-47-49(46)43-32-31-40(33-48(43)52-47)50(38-27-23-36(24-28-38)34-15-7-5-8-16-34)39-29-25-37(26-30-39)35-17-9-6-10-18-35/h3-33H,2H2,1H3/b14-3-. The van der Waals surface area contributed by atoms with Crippen LogP contribution in [-0.4, -0.2) is 4.57 Å². The summed E-state index contributed by atoms with van der Waals surface area (Å²) in [4.78, 5) is 2.37. The lowest BCUT2D eigenvalue weighted by atomic mass is 10.0. The van der Waals surface area contributed by atoms with E-state index in [2.05, 4.69) is 205 Å². The summed E-state index contributed by atoms with van der Waals surface area (Å²) in [5.74, 6) is 0. The van der Waals surface area contributed by atoms with Gasteiger partial charge in [-0.3, -0.25) is 0 Å². The molecule has 0 amide bonds. The smallest absolute Gasteiger partial charge is 0.0555 e. The predicted molar refractivity (Wildman–Crippen MR) is 227 cm³/mol. The van der Waals surface area contributed by atoms with Crippen molar-refractivity contribution < 1.29 is 0 Å². The van der Waals surface area contributed by atoms with E-state index in [1.54, 1.807) is 0 Å². The van der Waals surface area contributed by atoms with E-state index >= 15 is 0 Å². The molecule has 0 N–H and O–H groups in total. The molecule has 0 aliphatic heterocycles. The number of hydrogen-bond acceptors (Lipinski definition) is 2. The largest absolute Gasteiger partial charge is 0.310 e. The van der Waals surface area contributed by atoms with Crippen LogP contribution in [0.25, 0.3) is 71.2 Å². The molecule has 52 heavy (non-hydrogen) atoms. The number of para-hydroxylation sites is 1. The van der Waals surface area contributed by atoms with Crippen LogP contribution in [0.4, 0.5) is 17.1 Å². The highest BCUT2D eigenvalue weighted by Crippen LogP contribution is 2.44. The van der Waals surface area contributed by atoms with Gasteiger partial charge in [-0.05, 0) is 89.9 Å². The van der Waals surface area contributed by atoms with E-state index < -0.39 is 0 Å². The number of benzene rings is 7. The minimum Gasteiger partial charge on any atom is -0.310 e. The zero-order chi connectivity index (χ0) is 35.0. The molecular weight excluding hydrogens is 649 g/mol. The van der Waals surface area contributed by atoms with Gasteiger partial charge in [-0.25, -0.2) is 0 Å². The van der Waals surface area contributed by atoms with Crippen molar-refractivity contribution in [2.24, 2.45) is 0 Å². The minimum absolute atomic E-state index is 1.11. The molecule has 7 aromatic carbocycles. The molecule has 0 radical (unpaired) electrons. The lowest BCUT2D eigenvalue weighted by Crippen LogP contribution is -2.09. The summed E-state index contributed by atoms with van der Waals surface area (Å²) < 4.78 is 4.92. The Balaban J connectivity index is 1.20. The number of hydrogen-bond donors (Lipinski definition) is 0. The van der Waals surface area contributed by atoms with Crippen LogP contribution in [-0.2, 0) is 0 Å². The first kappa shape index (κ1) is 31.6. The maximum atomic E-state index is 4.20. The summed E-state index contributed by atoms with van der Waals surface area (Å²) in [6.45, 7) is 6.28. The fraction of sp³-hybridized carbons (Fsp3) is 0.0204. The van der Waals surface area contributed by atoms with E-state index in [4.69, 9.17) is 0 Å². The van der Waals surface area contributed by atoms with Crippen molar-refractivity contribution in [2.45, 2.75) is 6.92 Å². The second-order valence-corrected chi connectivity index (χ2v) is 14.0. The molecule has 0 saturated heterocycles. The Labute approximate surface area is 308 Å². The van der Waals surface area contributed by atoms with Crippen LogP contribution in [0.5, 0.6) is 0 Å². The van der Waals surface area contributed by atoms with Crippen LogP contribution in [0.15, 0.2) is 183 Å². The second-order valence-electron chi connectivity index (χ2n) is 12.9. The molecule has 0 atom stereocenters. The summed E-state index contributed by atoms with van der Waals surface area (Å²) >= 11 is 1.85. The lowest BCUT2D eigenvalue weighted by molar-refractivity contribution is 1.12. The van der Waals surface area contributed by atoms with Crippen LogP contribution in [0, 0.1) is 0 Å². The Kier molecular flexibility index (Phi) is 8.11. The molecule has 9 aromatic rings. The number of thiophene rings is 1. The van der Waals surface area contributed by atoms with Crippen molar-refractivity contribution >= 4 is 71.6 Å². The zero-order valence-corrected chi connectivity index (χ0v) is 29.7. The van der Waals surface area contributed by atoms with E-state index in [0.717, 1.165) is 28.3 Å². The van der Waals surface area contributed by atoms with Gasteiger partial charge in [-0.15, -0.1) is 11.3 Å². The zero-order valence-electron chi connectivity index (χ0n) is 28.9. The third-order valence-electron chi connectivity index (χ3n) is 9.90. The molecule has 2 aromatic heterocycles. The van der Waals surface area contributed by atoms with Crippen LogP contribution >= 0.6 is 11.3 Å². The number of fused-ring (bicyclic) bond motifs is 4. The van der Waals surface area contributed by atoms with Crippen LogP contribution < -0.4 is 4.90 Å². The van der Waals surface area contributed by atoms with Gasteiger partial charge < -0.3 is 9.47 Å². The van der Waals surface area contributed by atoms with E-state index in [9.17, 15) is 0 Å². The van der Waals surface area contributed by atoms with Crippen molar-refractivity contribution in [3.05, 3.63) is 194 Å². The molecule has 0 saturated carbocycles. The van der Waals surface area contributed by atoms with Crippen molar-refractivity contribution in [3.8, 4) is 27.9 Å². The van der Waals surface area contributed by atoms with Gasteiger partial charge in [-0.2, -0.15) is 0 Å². The maximum Gasteiger partial charge on any atom is 0.0555 e. The topological polar surface area (TPSA) is 8.17 Å². The van der Waals surface area contributed by atoms with Gasteiger partial charge in [0, 0.05) is 48.2 Å². The fourth-order valence-electron chi connectivity index (χ4n) is 7.52. The maximum absolute atomic E-state index is 4.20. The molecule has 0 unspecified atom stereocenters. The van der Waals surface area contributed by atoms with Crippen molar-refractivity contribution in [1.82, 2.24) is 4.57 Å². The van der Waals surface area contributed by atoms with E-state index in [1.807, 2.05) is 17.4 Å². The number of nitrogens with zero attached hydrogens (tertiary/aromatic N) is 2. The first-order chi connectivity index (χ1) is 25.7. The first-order valence-electron chi connectivity index (χ1n) is 17.7. The molecule has 248 valence electrons. The summed E-state index contributed by atoms with van der Waals surface area (Å²) in [5.41, 5.74) is 12.8. The van der Waals surface area contributed by atoms with Gasteiger partial charge in [0.05, 0.1) is 16.9 Å². The van der Waals surface area contributed by atoms with Gasteiger partial charge in [-0.1, -0.05) is 134 Å². The third-order valence-corrected chi connectivity index (χ3v) is 11.0. The van der Waals surface area contributed by atoms with Gasteiger partial charge in [0.2, 0.25) is 0 Å². The van der Waals surface area contributed by atoms with Gasteiger partial charge in [0.15, 0.2) is 0 Å². The van der Waals surface area contributed by atoms with E-state index in [-0.39, 0.29) is 0 Å². The monoisotopic (exact) mass is 684 g/mol. The first-order valence-corrected chi connectivity index (χ1v) is 18.5. The highest BCUT2D eigenvalue weighted by molar-refractivity contribution is 7.26. The Morgan fingerprint density at radius 1 is 0.538 bits per heavy atom. The quantitative estimate of drug-likeness (QED) is 0.155. The number of aromatic nitrogens is 1. The number of rotatable bonds is 8. The Bertz CT molecular complexity index is 2650. The molecule has 0 spiro atoms. The van der Waals surface area contributed by atoms with E-state index in [1.165, 1.54) is 59.0 Å². The van der Waals surface area contributed by atoms with Crippen LogP contribution in [0.1, 0.15) is 18.2 Å². The molecule has 2 heterocycles. The summed E-state index contributed by atoms with van der Waals surface area (Å²) in [6.07, 6.45) is 6.30. The van der Waals surface area contributed by atoms with E-state index in [0.29, 0.717) is 0 Å². The molecule has 3 heteroatoms. The normalized spacial score (nSPS) is 11.6. The van der Waals surface area contributed by atoms with Crippen molar-refractivity contribution in [1.29, 1.82) is 0 Å². The molecular formula is C49H36N2S. The summed E-state index contributed by atoms with van der Waals surface area (Å²) in [5, 5.41) is 3.72. The summed E-state index contributed by atoms with van der Waals surface area (Å²) in [7, 11) is 0. The van der Waals surface area contributed by atoms with Gasteiger partial charge in [0.25, 0.3) is 0 Å². The highest BCUT2D eigenvalue weighted by Gasteiger charge is 2.20. The predicted octanol–water partition coefficient (Wildman–Crippen LogP) is 14.5. The van der Waals surface area contributed by atoms with Crippen LogP contribution in [0.2, 0.25) is 0 Å². The molecule has 0 aliphatic carbocycles. The van der Waals surface area contributed by atoms with Gasteiger partial charge in [0.1, 0.15) is 0 Å². The Morgan fingerprint density at radius 2 is 1.12 bits per heavy atom. The number of allylic oxidation sites excluding steroid dienone is 1. The lowest BCUT2D eigenvalue weighted by Gasteiger charge is -2.26. The van der Waals surface area contributed by atoms with Crippen molar-refractivity contribution in [2.75, 3.05) is 4.90 Å². The van der Waals surface area contributed by atoms with Gasteiger partial charge >= 0.3 is 0 Å². The number of anilines is 3. The molecule has 0 bridgehead atoms. The average molecular weight is 685 g/mol. The molecule has 0 fully saturated rings. The Morgan fingerprint density at radius 3 is 1.73 bits per heavy atom. The molecule has 2 nitrogen and oxygen atoms in total. The minimum atomic E-state index is 1.11. The molecule has 0 aliphatic rings. The highest BCUT2D eigenvalue weighted by atomic mass is 32.1. The second kappa shape index (κ2) is 13.4. The fourth-order valence-corrected chi connectivity index (χ4v) is 8.68. The molecule has 9 rings (SSSR count). The Hall–Kier alpha value is -6.42. The van der Waals surface area contributed by atoms with Crippen LogP contribution in [0.3, 0.4) is 0 Å². The van der Waals surface area contributed by atoms with Crippen molar-refractivity contribution in [3.63, 3.8) is 0 Å². The average Bonchev–Trinajstić information content (AvgIpc) is 3.74.